The van der Waals surface area contributed by atoms with E-state index in [9.17, 15) is 18.0 Å². The average Bonchev–Trinajstić information content (AvgIpc) is 2.47. The molecule has 0 radical (unpaired) electrons. The number of aryl methyl sites for hydroxylation is 1. The lowest BCUT2D eigenvalue weighted by Gasteiger charge is -2.12. The van der Waals surface area contributed by atoms with Crippen LogP contribution in [0, 0.1) is 6.92 Å². The number of rotatable bonds is 1. The van der Waals surface area contributed by atoms with E-state index in [1.807, 2.05) is 6.92 Å². The molecule has 0 aliphatic rings. The third-order valence-corrected chi connectivity index (χ3v) is 3.35. The number of aromatic nitrogens is 2. The van der Waals surface area contributed by atoms with E-state index in [0.29, 0.717) is 10.9 Å². The molecule has 1 N–H and O–H groups in total. The van der Waals surface area contributed by atoms with Crippen LogP contribution in [0.2, 0.25) is 0 Å². The largest absolute Gasteiger partial charge is 0.417 e. The van der Waals surface area contributed by atoms with Crippen LogP contribution in [0.3, 0.4) is 0 Å². The lowest BCUT2D eigenvalue weighted by atomic mass is 10.1. The van der Waals surface area contributed by atoms with Crippen LogP contribution < -0.4 is 5.56 Å². The molecule has 22 heavy (non-hydrogen) atoms. The molecule has 0 saturated heterocycles. The highest BCUT2D eigenvalue weighted by molar-refractivity contribution is 5.80. The normalized spacial score (nSPS) is 11.8. The number of nitrogens with one attached hydrogen (secondary N) is 1. The number of benzene rings is 2. The first kappa shape index (κ1) is 14.3. The minimum absolute atomic E-state index is 0.0886. The Morgan fingerprint density at radius 2 is 1.82 bits per heavy atom. The molecule has 1 heterocycles. The van der Waals surface area contributed by atoms with Crippen molar-refractivity contribution in [1.82, 2.24) is 9.97 Å². The zero-order valence-corrected chi connectivity index (χ0v) is 11.5. The van der Waals surface area contributed by atoms with Crippen LogP contribution >= 0.6 is 0 Å². The number of aromatic amines is 1. The smallest absolute Gasteiger partial charge is 0.306 e. The van der Waals surface area contributed by atoms with Crippen LogP contribution in [0.1, 0.15) is 11.1 Å². The molecule has 1 aromatic heterocycles. The van der Waals surface area contributed by atoms with Crippen molar-refractivity contribution in [2.75, 3.05) is 0 Å². The van der Waals surface area contributed by atoms with Gasteiger partial charge in [-0.25, -0.2) is 4.98 Å². The Hall–Kier alpha value is -2.63. The van der Waals surface area contributed by atoms with Crippen LogP contribution in [0.15, 0.2) is 47.3 Å². The topological polar surface area (TPSA) is 45.8 Å². The van der Waals surface area contributed by atoms with E-state index in [1.54, 1.807) is 18.2 Å². The fourth-order valence-corrected chi connectivity index (χ4v) is 2.32. The minimum Gasteiger partial charge on any atom is -0.306 e. The van der Waals surface area contributed by atoms with Gasteiger partial charge in [-0.3, -0.25) is 4.79 Å². The zero-order valence-electron chi connectivity index (χ0n) is 11.5. The van der Waals surface area contributed by atoms with E-state index in [-0.39, 0.29) is 11.4 Å². The lowest BCUT2D eigenvalue weighted by molar-refractivity contribution is -0.137. The van der Waals surface area contributed by atoms with Crippen LogP contribution in [-0.4, -0.2) is 9.97 Å². The number of H-pyrrole nitrogens is 1. The molecule has 0 atom stereocenters. The molecule has 0 bridgehead atoms. The Kier molecular flexibility index (Phi) is 3.24. The molecule has 3 nitrogen and oxygen atoms in total. The molecule has 112 valence electrons. The van der Waals surface area contributed by atoms with Crippen molar-refractivity contribution in [1.29, 1.82) is 0 Å². The Labute approximate surface area is 123 Å². The molecule has 0 amide bonds. The van der Waals surface area contributed by atoms with Crippen molar-refractivity contribution in [2.24, 2.45) is 0 Å². The van der Waals surface area contributed by atoms with Crippen molar-refractivity contribution in [3.05, 3.63) is 63.9 Å². The second-order valence-electron chi connectivity index (χ2n) is 4.98. The maximum Gasteiger partial charge on any atom is 0.417 e. The lowest BCUT2D eigenvalue weighted by Crippen LogP contribution is -2.13. The van der Waals surface area contributed by atoms with E-state index in [1.165, 1.54) is 18.2 Å². The van der Waals surface area contributed by atoms with Gasteiger partial charge in [0.1, 0.15) is 5.82 Å². The molecule has 0 unspecified atom stereocenters. The monoisotopic (exact) mass is 304 g/mol. The summed E-state index contributed by atoms with van der Waals surface area (Å²) >= 11 is 0. The number of fused-ring (bicyclic) bond motifs is 1. The van der Waals surface area contributed by atoms with E-state index >= 15 is 0 Å². The first-order chi connectivity index (χ1) is 10.4. The second kappa shape index (κ2) is 4.98. The first-order valence-corrected chi connectivity index (χ1v) is 6.53. The van der Waals surface area contributed by atoms with Gasteiger partial charge in [0.05, 0.1) is 16.5 Å². The summed E-state index contributed by atoms with van der Waals surface area (Å²) in [5, 5.41) is 0.355. The Bertz CT molecular complexity index is 913. The summed E-state index contributed by atoms with van der Waals surface area (Å²) in [7, 11) is 0. The predicted molar refractivity (Wildman–Crippen MR) is 77.5 cm³/mol. The van der Waals surface area contributed by atoms with Crippen molar-refractivity contribution in [3.63, 3.8) is 0 Å². The summed E-state index contributed by atoms with van der Waals surface area (Å²) in [6.07, 6.45) is -4.52. The number of hydrogen-bond donors (Lipinski definition) is 1. The third-order valence-electron chi connectivity index (χ3n) is 3.35. The average molecular weight is 304 g/mol. The molecule has 0 saturated carbocycles. The summed E-state index contributed by atoms with van der Waals surface area (Å²) in [5.41, 5.74) is -0.190. The highest BCUT2D eigenvalue weighted by Gasteiger charge is 2.33. The maximum atomic E-state index is 13.1. The Balaban J connectivity index is 2.29. The van der Waals surface area contributed by atoms with Crippen molar-refractivity contribution >= 4 is 10.9 Å². The van der Waals surface area contributed by atoms with Gasteiger partial charge in [0.2, 0.25) is 0 Å². The van der Waals surface area contributed by atoms with Gasteiger partial charge in [0.25, 0.3) is 5.56 Å². The minimum atomic E-state index is -4.52. The second-order valence-corrected chi connectivity index (χ2v) is 4.98. The van der Waals surface area contributed by atoms with Gasteiger partial charge in [-0.15, -0.1) is 0 Å². The SMILES string of the molecule is Cc1ccc2nc(-c3ccccc3C(F)(F)F)[nH]c(=O)c2c1. The van der Waals surface area contributed by atoms with Crippen molar-refractivity contribution in [2.45, 2.75) is 13.1 Å². The van der Waals surface area contributed by atoms with Gasteiger partial charge in [-0.1, -0.05) is 29.8 Å². The van der Waals surface area contributed by atoms with Crippen LogP contribution in [-0.2, 0) is 6.18 Å². The predicted octanol–water partition coefficient (Wildman–Crippen LogP) is 3.92. The fourth-order valence-electron chi connectivity index (χ4n) is 2.32. The van der Waals surface area contributed by atoms with Gasteiger partial charge in [-0.2, -0.15) is 13.2 Å². The number of nitrogens with zero attached hydrogens (tertiary/aromatic N) is 1. The van der Waals surface area contributed by atoms with Gasteiger partial charge < -0.3 is 4.98 Å². The van der Waals surface area contributed by atoms with Crippen molar-refractivity contribution < 1.29 is 13.2 Å². The van der Waals surface area contributed by atoms with Gasteiger partial charge >= 0.3 is 6.18 Å². The van der Waals surface area contributed by atoms with Crippen molar-refractivity contribution in [3.8, 4) is 11.4 Å². The molecule has 0 aliphatic heterocycles. The van der Waals surface area contributed by atoms with E-state index in [0.717, 1.165) is 11.6 Å². The van der Waals surface area contributed by atoms with Gasteiger partial charge in [0.15, 0.2) is 0 Å². The van der Waals surface area contributed by atoms with Crippen LogP contribution in [0.25, 0.3) is 22.3 Å². The Morgan fingerprint density at radius 3 is 2.55 bits per heavy atom. The van der Waals surface area contributed by atoms with Gasteiger partial charge in [0, 0.05) is 5.56 Å². The summed E-state index contributed by atoms with van der Waals surface area (Å²) in [5.74, 6) is -0.0886. The summed E-state index contributed by atoms with van der Waals surface area (Å²) in [6.45, 7) is 1.83. The molecule has 0 fully saturated rings. The van der Waals surface area contributed by atoms with E-state index < -0.39 is 17.3 Å². The van der Waals surface area contributed by atoms with Crippen LogP contribution in [0.5, 0.6) is 0 Å². The van der Waals surface area contributed by atoms with E-state index in [4.69, 9.17) is 0 Å². The number of halogens is 3. The quantitative estimate of drug-likeness (QED) is 0.740. The first-order valence-electron chi connectivity index (χ1n) is 6.53. The molecular weight excluding hydrogens is 293 g/mol. The summed E-state index contributed by atoms with van der Waals surface area (Å²) in [6, 6.07) is 10.1. The molecule has 3 rings (SSSR count). The highest BCUT2D eigenvalue weighted by atomic mass is 19.4. The standard InChI is InChI=1S/C16H11F3N2O/c1-9-6-7-13-11(8-9)15(22)21-14(20-13)10-4-2-3-5-12(10)16(17,18)19/h2-8H,1H3,(H,20,21,22). The zero-order chi connectivity index (χ0) is 15.9. The highest BCUT2D eigenvalue weighted by Crippen LogP contribution is 2.35. The molecule has 3 aromatic rings. The van der Waals surface area contributed by atoms with Gasteiger partial charge in [-0.05, 0) is 25.1 Å². The van der Waals surface area contributed by atoms with E-state index in [2.05, 4.69) is 9.97 Å². The maximum absolute atomic E-state index is 13.1. The molecule has 6 heteroatoms. The molecular formula is C16H11F3N2O. The van der Waals surface area contributed by atoms with Crippen LogP contribution in [0.4, 0.5) is 13.2 Å². The molecule has 0 aliphatic carbocycles. The number of hydrogen-bond acceptors (Lipinski definition) is 2. The third kappa shape index (κ3) is 2.47. The molecule has 2 aromatic carbocycles. The summed E-state index contributed by atoms with van der Waals surface area (Å²) < 4.78 is 39.2. The molecule has 0 spiro atoms. The fraction of sp³-hybridized carbons (Fsp3) is 0.125. The Morgan fingerprint density at radius 1 is 1.09 bits per heavy atom. The number of alkyl halides is 3. The summed E-state index contributed by atoms with van der Waals surface area (Å²) in [4.78, 5) is 18.7.